The largest absolute Gasteiger partial charge is 0.316 e. The summed E-state index contributed by atoms with van der Waals surface area (Å²) in [5.74, 6) is 3.92. The van der Waals surface area contributed by atoms with Gasteiger partial charge in [0, 0.05) is 0 Å². The van der Waals surface area contributed by atoms with Crippen molar-refractivity contribution < 1.29 is 0 Å². The molecule has 2 aliphatic rings. The van der Waals surface area contributed by atoms with E-state index in [0.29, 0.717) is 0 Å². The van der Waals surface area contributed by atoms with E-state index in [4.69, 9.17) is 0 Å². The molecule has 2 aliphatic carbocycles. The third-order valence-corrected chi connectivity index (χ3v) is 4.71. The monoisotopic (exact) mass is 223 g/mol. The summed E-state index contributed by atoms with van der Waals surface area (Å²) in [6.45, 7) is 7.40. The van der Waals surface area contributed by atoms with Crippen LogP contribution in [0.2, 0.25) is 0 Å². The Labute approximate surface area is 101 Å². The molecule has 1 N–H and O–H groups in total. The van der Waals surface area contributed by atoms with Gasteiger partial charge >= 0.3 is 0 Å². The van der Waals surface area contributed by atoms with Gasteiger partial charge in [0.25, 0.3) is 0 Å². The van der Waals surface area contributed by atoms with Gasteiger partial charge in [0.1, 0.15) is 0 Å². The summed E-state index contributed by atoms with van der Waals surface area (Å²) in [4.78, 5) is 0. The molecule has 0 aliphatic heterocycles. The summed E-state index contributed by atoms with van der Waals surface area (Å²) in [5.41, 5.74) is 0. The first kappa shape index (κ1) is 12.4. The fraction of sp³-hybridized carbons (Fsp3) is 1.00. The van der Waals surface area contributed by atoms with Crippen molar-refractivity contribution in [3.05, 3.63) is 0 Å². The zero-order valence-electron chi connectivity index (χ0n) is 11.2. The molecular weight excluding hydrogens is 194 g/mol. The molecule has 4 unspecified atom stereocenters. The van der Waals surface area contributed by atoms with Gasteiger partial charge in [-0.05, 0) is 62.4 Å². The van der Waals surface area contributed by atoms with Crippen LogP contribution in [0.4, 0.5) is 0 Å². The Bertz CT molecular complexity index is 202. The minimum atomic E-state index is 0.975. The maximum atomic E-state index is 3.74. The maximum Gasteiger partial charge on any atom is -0.00203 e. The summed E-state index contributed by atoms with van der Waals surface area (Å²) < 4.78 is 0. The number of hydrogen-bond acceptors (Lipinski definition) is 1. The molecule has 0 spiro atoms. The van der Waals surface area contributed by atoms with Crippen LogP contribution in [0.25, 0.3) is 0 Å². The Balaban J connectivity index is 1.57. The van der Waals surface area contributed by atoms with E-state index in [2.05, 4.69) is 19.2 Å². The van der Waals surface area contributed by atoms with Gasteiger partial charge in [0.15, 0.2) is 0 Å². The van der Waals surface area contributed by atoms with Gasteiger partial charge in [-0.25, -0.2) is 0 Å². The van der Waals surface area contributed by atoms with E-state index >= 15 is 0 Å². The highest BCUT2D eigenvalue weighted by molar-refractivity contribution is 4.76. The average molecular weight is 223 g/mol. The Kier molecular flexibility index (Phi) is 4.69. The second-order valence-corrected chi connectivity index (χ2v) is 6.58. The number of rotatable bonds is 4. The van der Waals surface area contributed by atoms with E-state index in [0.717, 1.165) is 23.7 Å². The Hall–Kier alpha value is -0.0400. The molecule has 0 heterocycles. The highest BCUT2D eigenvalue weighted by atomic mass is 14.9. The molecule has 1 nitrogen and oxygen atoms in total. The normalized spacial score (nSPS) is 40.1. The summed E-state index contributed by atoms with van der Waals surface area (Å²) >= 11 is 0. The van der Waals surface area contributed by atoms with Crippen LogP contribution in [0, 0.1) is 23.7 Å². The zero-order chi connectivity index (χ0) is 11.4. The number of nitrogens with one attached hydrogen (secondary N) is 1. The van der Waals surface area contributed by atoms with E-state index in [9.17, 15) is 0 Å². The molecule has 94 valence electrons. The van der Waals surface area contributed by atoms with Crippen LogP contribution in [0.5, 0.6) is 0 Å². The first-order valence-corrected chi connectivity index (χ1v) is 7.44. The fourth-order valence-corrected chi connectivity index (χ4v) is 3.75. The van der Waals surface area contributed by atoms with Crippen LogP contribution in [-0.4, -0.2) is 13.1 Å². The number of hydrogen-bond donors (Lipinski definition) is 1. The first-order chi connectivity index (χ1) is 7.74. The van der Waals surface area contributed by atoms with Crippen molar-refractivity contribution in [2.45, 2.75) is 58.8 Å². The second kappa shape index (κ2) is 6.05. The molecule has 0 aromatic carbocycles. The SMILES string of the molecule is CC1CCCC(CNCC2CCC(C)C2)C1. The molecule has 0 aromatic rings. The lowest BCUT2D eigenvalue weighted by Gasteiger charge is -2.27. The highest BCUT2D eigenvalue weighted by Gasteiger charge is 2.22. The topological polar surface area (TPSA) is 12.0 Å². The van der Waals surface area contributed by atoms with Crippen LogP contribution in [0.1, 0.15) is 58.8 Å². The van der Waals surface area contributed by atoms with Gasteiger partial charge in [-0.2, -0.15) is 0 Å². The van der Waals surface area contributed by atoms with Crippen molar-refractivity contribution >= 4 is 0 Å². The molecule has 0 radical (unpaired) electrons. The van der Waals surface area contributed by atoms with Gasteiger partial charge in [0.2, 0.25) is 0 Å². The van der Waals surface area contributed by atoms with Gasteiger partial charge < -0.3 is 5.32 Å². The van der Waals surface area contributed by atoms with Crippen molar-refractivity contribution in [3.8, 4) is 0 Å². The summed E-state index contributed by atoms with van der Waals surface area (Å²) in [6, 6.07) is 0. The van der Waals surface area contributed by atoms with Crippen molar-refractivity contribution in [2.75, 3.05) is 13.1 Å². The van der Waals surface area contributed by atoms with E-state index in [1.54, 1.807) is 0 Å². The lowest BCUT2D eigenvalue weighted by molar-refractivity contribution is 0.270. The first-order valence-electron chi connectivity index (χ1n) is 7.44. The molecular formula is C15H29N. The zero-order valence-corrected chi connectivity index (χ0v) is 11.2. The van der Waals surface area contributed by atoms with Crippen LogP contribution >= 0.6 is 0 Å². The third-order valence-electron chi connectivity index (χ3n) is 4.71. The quantitative estimate of drug-likeness (QED) is 0.763. The van der Waals surface area contributed by atoms with Crippen LogP contribution in [0.3, 0.4) is 0 Å². The predicted molar refractivity (Wildman–Crippen MR) is 70.5 cm³/mol. The molecule has 0 bridgehead atoms. The summed E-state index contributed by atoms with van der Waals surface area (Å²) in [6.07, 6.45) is 10.3. The predicted octanol–water partition coefficient (Wildman–Crippen LogP) is 3.84. The standard InChI is InChI=1S/C15H29N/c1-12-4-3-5-14(8-12)10-16-11-15-7-6-13(2)9-15/h12-16H,3-11H2,1-2H3. The maximum absolute atomic E-state index is 3.74. The summed E-state index contributed by atoms with van der Waals surface area (Å²) in [7, 11) is 0. The van der Waals surface area contributed by atoms with E-state index in [-0.39, 0.29) is 0 Å². The lowest BCUT2D eigenvalue weighted by Crippen LogP contribution is -2.29. The van der Waals surface area contributed by atoms with Crippen LogP contribution in [-0.2, 0) is 0 Å². The summed E-state index contributed by atoms with van der Waals surface area (Å²) in [5, 5.41) is 3.74. The molecule has 16 heavy (non-hydrogen) atoms. The van der Waals surface area contributed by atoms with Gasteiger partial charge in [-0.15, -0.1) is 0 Å². The smallest absolute Gasteiger partial charge is 0.00203 e. The molecule has 0 saturated heterocycles. The molecule has 0 amide bonds. The molecule has 2 rings (SSSR count). The van der Waals surface area contributed by atoms with Gasteiger partial charge in [-0.3, -0.25) is 0 Å². The Morgan fingerprint density at radius 2 is 1.44 bits per heavy atom. The minimum absolute atomic E-state index is 0.975. The van der Waals surface area contributed by atoms with E-state index < -0.39 is 0 Å². The van der Waals surface area contributed by atoms with E-state index in [1.165, 1.54) is 58.0 Å². The fourth-order valence-electron chi connectivity index (χ4n) is 3.75. The average Bonchev–Trinajstić information content (AvgIpc) is 2.64. The Morgan fingerprint density at radius 1 is 0.812 bits per heavy atom. The molecule has 2 saturated carbocycles. The van der Waals surface area contributed by atoms with Gasteiger partial charge in [-0.1, -0.05) is 33.1 Å². The van der Waals surface area contributed by atoms with Crippen molar-refractivity contribution in [2.24, 2.45) is 23.7 Å². The minimum Gasteiger partial charge on any atom is -0.316 e. The lowest BCUT2D eigenvalue weighted by atomic mass is 9.82. The molecule has 1 heteroatoms. The second-order valence-electron chi connectivity index (χ2n) is 6.58. The molecule has 0 aromatic heterocycles. The third kappa shape index (κ3) is 3.76. The molecule has 4 atom stereocenters. The van der Waals surface area contributed by atoms with Crippen LogP contribution in [0.15, 0.2) is 0 Å². The Morgan fingerprint density at radius 3 is 2.06 bits per heavy atom. The molecule has 2 fully saturated rings. The van der Waals surface area contributed by atoms with Crippen molar-refractivity contribution in [1.29, 1.82) is 0 Å². The van der Waals surface area contributed by atoms with E-state index in [1.807, 2.05) is 0 Å². The van der Waals surface area contributed by atoms with Crippen LogP contribution < -0.4 is 5.32 Å². The highest BCUT2D eigenvalue weighted by Crippen LogP contribution is 2.30. The van der Waals surface area contributed by atoms with Gasteiger partial charge in [0.05, 0.1) is 0 Å². The van der Waals surface area contributed by atoms with Crippen molar-refractivity contribution in [3.63, 3.8) is 0 Å². The van der Waals surface area contributed by atoms with Crippen molar-refractivity contribution in [1.82, 2.24) is 5.32 Å².